The van der Waals surface area contributed by atoms with Crippen molar-refractivity contribution in [2.24, 2.45) is 0 Å². The minimum absolute atomic E-state index is 0.177. The first-order valence-electron chi connectivity index (χ1n) is 5.82. The van der Waals surface area contributed by atoms with Gasteiger partial charge in [0.15, 0.2) is 0 Å². The number of aromatic hydroxyl groups is 1. The Kier molecular flexibility index (Phi) is 3.04. The second-order valence-electron chi connectivity index (χ2n) is 4.21. The Labute approximate surface area is 119 Å². The van der Waals surface area contributed by atoms with Crippen LogP contribution in [0.15, 0.2) is 47.0 Å². The van der Waals surface area contributed by atoms with Crippen LogP contribution >= 0.6 is 11.6 Å². The van der Waals surface area contributed by atoms with Gasteiger partial charge in [0.05, 0.1) is 10.6 Å². The molecule has 6 heteroatoms. The molecule has 3 rings (SSSR count). The summed E-state index contributed by atoms with van der Waals surface area (Å²) < 4.78 is 5.21. The molecule has 20 heavy (non-hydrogen) atoms. The van der Waals surface area contributed by atoms with Crippen molar-refractivity contribution in [3.63, 3.8) is 0 Å². The Morgan fingerprint density at radius 3 is 2.60 bits per heavy atom. The second kappa shape index (κ2) is 4.86. The summed E-state index contributed by atoms with van der Waals surface area (Å²) >= 11 is 6.09. The van der Waals surface area contributed by atoms with Crippen molar-refractivity contribution in [1.82, 2.24) is 10.1 Å². The van der Waals surface area contributed by atoms with Crippen molar-refractivity contribution in [2.75, 3.05) is 5.73 Å². The Morgan fingerprint density at radius 2 is 1.85 bits per heavy atom. The van der Waals surface area contributed by atoms with Crippen LogP contribution in [0.3, 0.4) is 0 Å². The van der Waals surface area contributed by atoms with Gasteiger partial charge in [-0.05, 0) is 42.5 Å². The van der Waals surface area contributed by atoms with Gasteiger partial charge < -0.3 is 15.4 Å². The molecule has 0 unspecified atom stereocenters. The lowest BCUT2D eigenvalue weighted by atomic mass is 10.2. The molecule has 100 valence electrons. The molecule has 2 aromatic carbocycles. The minimum atomic E-state index is 0.177. The Morgan fingerprint density at radius 1 is 1.10 bits per heavy atom. The van der Waals surface area contributed by atoms with Gasteiger partial charge in [0.1, 0.15) is 5.75 Å². The molecule has 0 aliphatic heterocycles. The predicted molar refractivity (Wildman–Crippen MR) is 76.3 cm³/mol. The zero-order valence-electron chi connectivity index (χ0n) is 10.2. The molecule has 1 heterocycles. The highest BCUT2D eigenvalue weighted by molar-refractivity contribution is 6.33. The van der Waals surface area contributed by atoms with Gasteiger partial charge in [-0.3, -0.25) is 0 Å². The summed E-state index contributed by atoms with van der Waals surface area (Å²) in [6.07, 6.45) is 0. The van der Waals surface area contributed by atoms with E-state index < -0.39 is 0 Å². The highest BCUT2D eigenvalue weighted by Crippen LogP contribution is 2.30. The monoisotopic (exact) mass is 287 g/mol. The van der Waals surface area contributed by atoms with Crippen LogP contribution in [0.5, 0.6) is 5.75 Å². The van der Waals surface area contributed by atoms with Gasteiger partial charge in [-0.2, -0.15) is 4.98 Å². The van der Waals surface area contributed by atoms with Crippen LogP contribution in [-0.2, 0) is 0 Å². The maximum Gasteiger partial charge on any atom is 0.259 e. The number of anilines is 1. The average molecular weight is 288 g/mol. The third-order valence-corrected chi connectivity index (χ3v) is 3.10. The highest BCUT2D eigenvalue weighted by atomic mass is 35.5. The van der Waals surface area contributed by atoms with E-state index in [1.54, 1.807) is 42.5 Å². The molecular weight excluding hydrogens is 278 g/mol. The first-order chi connectivity index (χ1) is 9.63. The van der Waals surface area contributed by atoms with E-state index in [0.29, 0.717) is 28.0 Å². The van der Waals surface area contributed by atoms with Crippen LogP contribution in [-0.4, -0.2) is 15.2 Å². The van der Waals surface area contributed by atoms with E-state index in [-0.39, 0.29) is 5.75 Å². The van der Waals surface area contributed by atoms with Crippen LogP contribution in [0.2, 0.25) is 5.02 Å². The van der Waals surface area contributed by atoms with Gasteiger partial charge in [-0.15, -0.1) is 0 Å². The van der Waals surface area contributed by atoms with Crippen molar-refractivity contribution in [3.8, 4) is 28.6 Å². The highest BCUT2D eigenvalue weighted by Gasteiger charge is 2.13. The summed E-state index contributed by atoms with van der Waals surface area (Å²) in [5.74, 6) is 0.889. The molecule has 3 N–H and O–H groups in total. The lowest BCUT2D eigenvalue weighted by Gasteiger charge is -1.99. The number of aromatic nitrogens is 2. The molecule has 0 atom stereocenters. The summed E-state index contributed by atoms with van der Waals surface area (Å²) in [5.41, 5.74) is 7.61. The Balaban J connectivity index is 2.01. The van der Waals surface area contributed by atoms with Crippen molar-refractivity contribution >= 4 is 17.3 Å². The maximum absolute atomic E-state index is 9.26. The Bertz CT molecular complexity index is 753. The number of benzene rings is 2. The molecule has 0 saturated carbocycles. The van der Waals surface area contributed by atoms with E-state index in [1.165, 1.54) is 0 Å². The fraction of sp³-hybridized carbons (Fsp3) is 0. The maximum atomic E-state index is 9.26. The van der Waals surface area contributed by atoms with Crippen molar-refractivity contribution in [3.05, 3.63) is 47.5 Å². The molecule has 0 fully saturated rings. The summed E-state index contributed by atoms with van der Waals surface area (Å²) in [7, 11) is 0. The van der Waals surface area contributed by atoms with Gasteiger partial charge in [0.25, 0.3) is 5.89 Å². The van der Waals surface area contributed by atoms with Crippen LogP contribution in [0.4, 0.5) is 5.69 Å². The number of phenolic OH excluding ortho intramolecular Hbond substituents is 1. The Hall–Kier alpha value is -2.53. The van der Waals surface area contributed by atoms with Crippen LogP contribution in [0.1, 0.15) is 0 Å². The molecule has 0 spiro atoms. The largest absolute Gasteiger partial charge is 0.508 e. The summed E-state index contributed by atoms with van der Waals surface area (Å²) in [6.45, 7) is 0. The molecule has 0 radical (unpaired) electrons. The molecule has 1 aromatic heterocycles. The van der Waals surface area contributed by atoms with Gasteiger partial charge in [-0.1, -0.05) is 16.8 Å². The van der Waals surface area contributed by atoms with Gasteiger partial charge >= 0.3 is 0 Å². The number of rotatable bonds is 2. The topological polar surface area (TPSA) is 85.2 Å². The number of nitrogens with two attached hydrogens (primary N) is 1. The molecular formula is C14H10ClN3O2. The number of hydrogen-bond acceptors (Lipinski definition) is 5. The standard InChI is InChI=1S/C14H10ClN3O2/c15-12-6-3-9(16)7-11(12)14-17-13(18-20-14)8-1-4-10(19)5-2-8/h1-7,19H,16H2. The SMILES string of the molecule is Nc1ccc(Cl)c(-c2nc(-c3ccc(O)cc3)no2)c1. The molecule has 5 nitrogen and oxygen atoms in total. The summed E-state index contributed by atoms with van der Waals surface area (Å²) in [5, 5.41) is 13.6. The molecule has 0 aliphatic carbocycles. The van der Waals surface area contributed by atoms with E-state index in [2.05, 4.69) is 10.1 Å². The third kappa shape index (κ3) is 2.31. The van der Waals surface area contributed by atoms with E-state index >= 15 is 0 Å². The van der Waals surface area contributed by atoms with Crippen LogP contribution in [0.25, 0.3) is 22.8 Å². The first kappa shape index (κ1) is 12.5. The zero-order valence-corrected chi connectivity index (χ0v) is 11.0. The quantitative estimate of drug-likeness (QED) is 0.706. The fourth-order valence-electron chi connectivity index (χ4n) is 1.77. The predicted octanol–water partition coefficient (Wildman–Crippen LogP) is 3.34. The zero-order chi connectivity index (χ0) is 14.1. The summed E-state index contributed by atoms with van der Waals surface area (Å²) in [4.78, 5) is 4.28. The van der Waals surface area contributed by atoms with Gasteiger partial charge in [-0.25, -0.2) is 0 Å². The fourth-order valence-corrected chi connectivity index (χ4v) is 1.97. The summed E-state index contributed by atoms with van der Waals surface area (Å²) in [6, 6.07) is 11.6. The van der Waals surface area contributed by atoms with Crippen molar-refractivity contribution in [1.29, 1.82) is 0 Å². The number of nitrogen functional groups attached to an aromatic ring is 1. The van der Waals surface area contributed by atoms with Gasteiger partial charge in [0.2, 0.25) is 5.82 Å². The average Bonchev–Trinajstić information content (AvgIpc) is 2.92. The molecule has 0 amide bonds. The van der Waals surface area contributed by atoms with Crippen LogP contribution < -0.4 is 5.73 Å². The number of halogens is 1. The smallest absolute Gasteiger partial charge is 0.259 e. The lowest BCUT2D eigenvalue weighted by molar-refractivity contribution is 0.432. The van der Waals surface area contributed by atoms with E-state index in [4.69, 9.17) is 21.9 Å². The van der Waals surface area contributed by atoms with Crippen molar-refractivity contribution < 1.29 is 9.63 Å². The first-order valence-corrected chi connectivity index (χ1v) is 6.20. The third-order valence-electron chi connectivity index (χ3n) is 2.77. The van der Waals surface area contributed by atoms with Gasteiger partial charge in [0, 0.05) is 11.3 Å². The lowest BCUT2D eigenvalue weighted by Crippen LogP contribution is -1.87. The number of phenols is 1. The van der Waals surface area contributed by atoms with Crippen LogP contribution in [0, 0.1) is 0 Å². The molecule has 0 aliphatic rings. The number of nitrogens with zero attached hydrogens (tertiary/aromatic N) is 2. The van der Waals surface area contributed by atoms with E-state index in [0.717, 1.165) is 5.56 Å². The normalized spacial score (nSPS) is 10.7. The van der Waals surface area contributed by atoms with E-state index in [9.17, 15) is 5.11 Å². The molecule has 0 saturated heterocycles. The molecule has 0 bridgehead atoms. The molecule has 3 aromatic rings. The van der Waals surface area contributed by atoms with Crippen molar-refractivity contribution in [2.45, 2.75) is 0 Å². The van der Waals surface area contributed by atoms with E-state index in [1.807, 2.05) is 0 Å². The minimum Gasteiger partial charge on any atom is -0.508 e. The number of hydrogen-bond donors (Lipinski definition) is 2. The second-order valence-corrected chi connectivity index (χ2v) is 4.62.